The highest BCUT2D eigenvalue weighted by Gasteiger charge is 2.39. The molecule has 146 valence electrons. The summed E-state index contributed by atoms with van der Waals surface area (Å²) >= 11 is 2.69. The normalized spacial score (nSPS) is 19.5. The molecule has 0 radical (unpaired) electrons. The van der Waals surface area contributed by atoms with Gasteiger partial charge in [0.05, 0.1) is 0 Å². The molecule has 1 aromatic rings. The molecule has 0 N–H and O–H groups in total. The zero-order chi connectivity index (χ0) is 18.5. The van der Waals surface area contributed by atoms with Crippen LogP contribution in [0.1, 0.15) is 107 Å². The zero-order valence-electron chi connectivity index (χ0n) is 17.2. The third kappa shape index (κ3) is 6.53. The zero-order valence-corrected chi connectivity index (χ0v) is 19.4. The van der Waals surface area contributed by atoms with E-state index in [1.807, 2.05) is 0 Å². The van der Waals surface area contributed by atoms with E-state index < -0.39 is 0 Å². The summed E-state index contributed by atoms with van der Waals surface area (Å²) < 4.78 is 0.712. The van der Waals surface area contributed by atoms with Gasteiger partial charge in [0.1, 0.15) is 0 Å². The second-order valence-electron chi connectivity index (χ2n) is 9.39. The lowest BCUT2D eigenvalue weighted by Gasteiger charge is -2.12. The van der Waals surface area contributed by atoms with Gasteiger partial charge in [0.15, 0.2) is 0 Å². The molecule has 2 fully saturated rings. The molecule has 0 saturated heterocycles. The van der Waals surface area contributed by atoms with Gasteiger partial charge in [-0.15, -0.1) is 0 Å². The van der Waals surface area contributed by atoms with E-state index in [-0.39, 0.29) is 0 Å². The number of hydrogen-bond acceptors (Lipinski definition) is 0. The molecule has 0 aromatic heterocycles. The van der Waals surface area contributed by atoms with Crippen LogP contribution < -0.4 is 0 Å². The Balaban J connectivity index is 1.32. The largest absolute Gasteiger partial charge is 0.0789 e. The van der Waals surface area contributed by atoms with E-state index in [4.69, 9.17) is 0 Å². The van der Waals surface area contributed by atoms with Crippen LogP contribution in [0.5, 0.6) is 0 Å². The molecular weight excluding hydrogens is 427 g/mol. The summed E-state index contributed by atoms with van der Waals surface area (Å²) in [4.78, 5) is 0. The first-order valence-electron chi connectivity index (χ1n) is 11.3. The summed E-state index contributed by atoms with van der Waals surface area (Å²) in [6, 6.07) is 7.26. The molecule has 0 unspecified atom stereocenters. The van der Waals surface area contributed by atoms with Crippen LogP contribution in [0.2, 0.25) is 0 Å². The van der Waals surface area contributed by atoms with Crippen LogP contribution in [0.3, 0.4) is 0 Å². The highest BCUT2D eigenvalue weighted by Crippen LogP contribution is 2.52. The quantitative estimate of drug-likeness (QED) is 0.156. The van der Waals surface area contributed by atoms with E-state index in [0.717, 1.165) is 5.41 Å². The van der Waals surface area contributed by atoms with Crippen LogP contribution in [0.4, 0.5) is 0 Å². The van der Waals surface area contributed by atoms with E-state index in [2.05, 4.69) is 54.6 Å². The summed E-state index contributed by atoms with van der Waals surface area (Å²) in [5.74, 6) is 0. The van der Waals surface area contributed by atoms with Crippen molar-refractivity contribution in [2.45, 2.75) is 114 Å². The lowest BCUT2D eigenvalue weighted by Crippen LogP contribution is -1.98. The van der Waals surface area contributed by atoms with E-state index in [0.29, 0.717) is 3.42 Å². The first-order valence-corrected chi connectivity index (χ1v) is 12.4. The minimum Gasteiger partial charge on any atom is -0.0789 e. The monoisotopic (exact) mass is 466 g/mol. The lowest BCUT2D eigenvalue weighted by molar-refractivity contribution is 0.422. The van der Waals surface area contributed by atoms with E-state index in [9.17, 15) is 0 Å². The van der Waals surface area contributed by atoms with Gasteiger partial charge in [-0.2, -0.15) is 0 Å². The molecule has 2 aliphatic rings. The summed E-state index contributed by atoms with van der Waals surface area (Å²) in [6.45, 7) is 4.68. The van der Waals surface area contributed by atoms with Crippen molar-refractivity contribution in [1.29, 1.82) is 0 Å². The molecular formula is C25H39I. The van der Waals surface area contributed by atoms with Crippen molar-refractivity contribution in [1.82, 2.24) is 0 Å². The van der Waals surface area contributed by atoms with Gasteiger partial charge in [-0.25, -0.2) is 0 Å². The van der Waals surface area contributed by atoms with Gasteiger partial charge in [0.2, 0.25) is 0 Å². The highest BCUT2D eigenvalue weighted by molar-refractivity contribution is 14.1. The lowest BCUT2D eigenvalue weighted by atomic mass is 9.94. The van der Waals surface area contributed by atoms with Crippen molar-refractivity contribution in [3.63, 3.8) is 0 Å². The van der Waals surface area contributed by atoms with Crippen LogP contribution >= 0.6 is 22.6 Å². The minimum absolute atomic E-state index is 0.712. The Morgan fingerprint density at radius 1 is 0.846 bits per heavy atom. The summed E-state index contributed by atoms with van der Waals surface area (Å²) in [7, 11) is 0. The maximum Gasteiger partial charge on any atom is 0.0223 e. The average Bonchev–Trinajstić information content (AvgIpc) is 3.55. The number of hydrogen-bond donors (Lipinski definition) is 0. The Hall–Kier alpha value is -0.0500. The maximum atomic E-state index is 2.69. The fourth-order valence-electron chi connectivity index (χ4n) is 4.43. The van der Waals surface area contributed by atoms with Crippen LogP contribution in [-0.2, 0) is 12.8 Å². The van der Waals surface area contributed by atoms with Gasteiger partial charge in [-0.05, 0) is 93.2 Å². The second kappa shape index (κ2) is 9.43. The van der Waals surface area contributed by atoms with E-state index in [1.54, 1.807) is 11.1 Å². The van der Waals surface area contributed by atoms with Crippen molar-refractivity contribution in [2.24, 2.45) is 5.41 Å². The predicted molar refractivity (Wildman–Crippen MR) is 123 cm³/mol. The topological polar surface area (TPSA) is 0 Å². The Kier molecular flexibility index (Phi) is 7.50. The maximum absolute atomic E-state index is 2.69. The number of rotatable bonds is 13. The van der Waals surface area contributed by atoms with Gasteiger partial charge in [-0.1, -0.05) is 79.8 Å². The van der Waals surface area contributed by atoms with Crippen LogP contribution in [0, 0.1) is 12.3 Å². The molecule has 0 nitrogen and oxygen atoms in total. The molecule has 1 aromatic carbocycles. The first-order chi connectivity index (χ1) is 12.5. The van der Waals surface area contributed by atoms with E-state index in [1.165, 1.54) is 102 Å². The SMILES string of the molecule is CCC1(CCCCCc2ccc(C)c(CCCCCC3(I)CC3)c2)CC1. The first kappa shape index (κ1) is 20.7. The molecule has 0 heterocycles. The van der Waals surface area contributed by atoms with Gasteiger partial charge >= 0.3 is 0 Å². The Bertz CT molecular complexity index is 566. The van der Waals surface area contributed by atoms with Crippen LogP contribution in [0.25, 0.3) is 0 Å². The van der Waals surface area contributed by atoms with Gasteiger partial charge < -0.3 is 0 Å². The number of halogens is 1. The Morgan fingerprint density at radius 2 is 1.54 bits per heavy atom. The number of aryl methyl sites for hydroxylation is 3. The van der Waals surface area contributed by atoms with Crippen molar-refractivity contribution < 1.29 is 0 Å². The average molecular weight is 466 g/mol. The fraction of sp³-hybridized carbons (Fsp3) is 0.760. The molecule has 1 heteroatoms. The van der Waals surface area contributed by atoms with Crippen LogP contribution in [0.15, 0.2) is 18.2 Å². The number of benzene rings is 1. The summed E-state index contributed by atoms with van der Waals surface area (Å²) in [6.07, 6.45) is 21.3. The number of unbranched alkanes of at least 4 members (excludes halogenated alkanes) is 4. The molecule has 3 rings (SSSR count). The molecule has 2 saturated carbocycles. The van der Waals surface area contributed by atoms with Gasteiger partial charge in [-0.3, -0.25) is 0 Å². The van der Waals surface area contributed by atoms with Crippen molar-refractivity contribution in [3.05, 3.63) is 34.9 Å². The molecule has 0 amide bonds. The molecule has 0 atom stereocenters. The van der Waals surface area contributed by atoms with Crippen molar-refractivity contribution in [3.8, 4) is 0 Å². The standard InChI is InChI=1S/C25H39I/c1-3-24(16-17-24)14-8-4-6-10-22-13-12-21(2)23(20-22)11-7-5-9-15-25(26)18-19-25/h12-13,20H,3-11,14-19H2,1-2H3. The molecule has 0 aliphatic heterocycles. The molecule has 2 aliphatic carbocycles. The Morgan fingerprint density at radius 3 is 2.19 bits per heavy atom. The molecule has 0 spiro atoms. The predicted octanol–water partition coefficient (Wildman–Crippen LogP) is 8.36. The van der Waals surface area contributed by atoms with Crippen molar-refractivity contribution in [2.75, 3.05) is 0 Å². The van der Waals surface area contributed by atoms with E-state index >= 15 is 0 Å². The highest BCUT2D eigenvalue weighted by atomic mass is 127. The third-order valence-corrected chi connectivity index (χ3v) is 8.77. The van der Waals surface area contributed by atoms with Crippen LogP contribution in [-0.4, -0.2) is 3.42 Å². The molecule has 0 bridgehead atoms. The fourth-order valence-corrected chi connectivity index (χ4v) is 5.08. The van der Waals surface area contributed by atoms with Crippen molar-refractivity contribution >= 4 is 22.6 Å². The second-order valence-corrected chi connectivity index (χ2v) is 11.7. The number of alkyl halides is 1. The third-order valence-electron chi connectivity index (χ3n) is 7.16. The Labute approximate surface area is 176 Å². The van der Waals surface area contributed by atoms with Gasteiger partial charge in [0, 0.05) is 3.42 Å². The summed E-state index contributed by atoms with van der Waals surface area (Å²) in [5.41, 5.74) is 5.47. The van der Waals surface area contributed by atoms with Gasteiger partial charge in [0.25, 0.3) is 0 Å². The summed E-state index contributed by atoms with van der Waals surface area (Å²) in [5, 5.41) is 0. The smallest absolute Gasteiger partial charge is 0.0223 e. The minimum atomic E-state index is 0.712. The molecule has 26 heavy (non-hydrogen) atoms.